The molecule has 2 aliphatic rings. The van der Waals surface area contributed by atoms with Gasteiger partial charge in [0, 0.05) is 0 Å². The predicted octanol–water partition coefficient (Wildman–Crippen LogP) is 22.0. The lowest BCUT2D eigenvalue weighted by Gasteiger charge is -2.27. The fraction of sp³-hybridized carbons (Fsp3) is 0.0513. The number of hydrogen-bond donors (Lipinski definition) is 0. The summed E-state index contributed by atoms with van der Waals surface area (Å²) in [5, 5.41) is 12.8. The highest BCUT2D eigenvalue weighted by atomic mass is 14.4. The van der Waals surface area contributed by atoms with E-state index in [-0.39, 0.29) is 0 Å². The van der Waals surface area contributed by atoms with Gasteiger partial charge in [-0.15, -0.1) is 0 Å². The monoisotopic (exact) mass is 988 g/mol. The predicted molar refractivity (Wildman–Crippen MR) is 334 cm³/mol. The normalized spacial score (nSPS) is 12.1. The molecule has 0 nitrogen and oxygen atoms in total. The smallest absolute Gasteiger partial charge is 0.000116 e. The average molecular weight is 989 g/mol. The van der Waals surface area contributed by atoms with Crippen LogP contribution in [0.5, 0.6) is 0 Å². The van der Waals surface area contributed by atoms with E-state index < -0.39 is 0 Å². The van der Waals surface area contributed by atoms with Gasteiger partial charge in [0.15, 0.2) is 0 Å². The highest BCUT2D eigenvalue weighted by Gasteiger charge is 2.39. The van der Waals surface area contributed by atoms with Crippen molar-refractivity contribution >= 4 is 53.9 Å². The maximum Gasteiger partial charge on any atom is -0.000116 e. The van der Waals surface area contributed by atoms with Crippen LogP contribution in [-0.4, -0.2) is 0 Å². The second-order valence-corrected chi connectivity index (χ2v) is 21.9. The van der Waals surface area contributed by atoms with Crippen molar-refractivity contribution in [3.63, 3.8) is 0 Å². The third-order valence-corrected chi connectivity index (χ3v) is 17.6. The Bertz CT molecular complexity index is 4760. The van der Waals surface area contributed by atoms with Crippen LogP contribution in [0.25, 0.3) is 165 Å². The van der Waals surface area contributed by atoms with Gasteiger partial charge >= 0.3 is 0 Å². The summed E-state index contributed by atoms with van der Waals surface area (Å²) in [4.78, 5) is 0. The van der Waals surface area contributed by atoms with Crippen LogP contribution in [0.1, 0.15) is 22.3 Å². The first-order valence-corrected chi connectivity index (χ1v) is 27.5. The average Bonchev–Trinajstić information content (AvgIpc) is 4.21. The van der Waals surface area contributed by atoms with Crippen molar-refractivity contribution in [2.24, 2.45) is 0 Å². The van der Waals surface area contributed by atoms with Crippen molar-refractivity contribution in [2.45, 2.75) is 27.7 Å². The fourth-order valence-corrected chi connectivity index (χ4v) is 14.6. The quantitative estimate of drug-likeness (QED) is 0.146. The molecule has 0 atom stereocenters. The molecule has 0 spiro atoms. The summed E-state index contributed by atoms with van der Waals surface area (Å²) in [5.41, 5.74) is 30.8. The van der Waals surface area contributed by atoms with Crippen molar-refractivity contribution in [1.82, 2.24) is 0 Å². The minimum Gasteiger partial charge on any atom is -0.0622 e. The molecule has 0 amide bonds. The third-order valence-electron chi connectivity index (χ3n) is 17.6. The fourth-order valence-electron chi connectivity index (χ4n) is 14.6. The molecule has 14 aromatic rings. The van der Waals surface area contributed by atoms with Crippen molar-refractivity contribution in [3.8, 4) is 111 Å². The van der Waals surface area contributed by atoms with Gasteiger partial charge < -0.3 is 0 Å². The van der Waals surface area contributed by atoms with E-state index >= 15 is 0 Å². The Morgan fingerprint density at radius 3 is 0.910 bits per heavy atom. The summed E-state index contributed by atoms with van der Waals surface area (Å²) in [6.07, 6.45) is 0. The van der Waals surface area contributed by atoms with E-state index in [4.69, 9.17) is 0 Å². The minimum atomic E-state index is 1.21. The van der Waals surface area contributed by atoms with Crippen LogP contribution in [0.4, 0.5) is 0 Å². The van der Waals surface area contributed by atoms with Gasteiger partial charge in [-0.2, -0.15) is 0 Å². The Hall–Kier alpha value is -9.62. The molecule has 0 radical (unpaired) electrons. The van der Waals surface area contributed by atoms with Crippen LogP contribution in [0.3, 0.4) is 0 Å². The molecule has 0 fully saturated rings. The van der Waals surface area contributed by atoms with E-state index in [2.05, 4.69) is 270 Å². The highest BCUT2D eigenvalue weighted by Crippen LogP contribution is 2.66. The molecule has 0 aromatic heterocycles. The van der Waals surface area contributed by atoms with E-state index in [9.17, 15) is 0 Å². The molecule has 0 saturated heterocycles. The summed E-state index contributed by atoms with van der Waals surface area (Å²) >= 11 is 0. The van der Waals surface area contributed by atoms with Crippen LogP contribution in [0.15, 0.2) is 243 Å². The Morgan fingerprint density at radius 1 is 0.179 bits per heavy atom. The van der Waals surface area contributed by atoms with Crippen molar-refractivity contribution in [2.75, 3.05) is 0 Å². The molecule has 0 N–H and O–H groups in total. The molecule has 2 aliphatic carbocycles. The van der Waals surface area contributed by atoms with Gasteiger partial charge in [-0.25, -0.2) is 0 Å². The second-order valence-electron chi connectivity index (χ2n) is 21.9. The molecule has 0 heteroatoms. The molecule has 78 heavy (non-hydrogen) atoms. The lowest BCUT2D eigenvalue weighted by atomic mass is 9.75. The summed E-state index contributed by atoms with van der Waals surface area (Å²) in [6, 6.07) is 91.9. The zero-order valence-corrected chi connectivity index (χ0v) is 44.1. The highest BCUT2D eigenvalue weighted by molar-refractivity contribution is 6.39. The molecule has 0 saturated carbocycles. The molecule has 16 rings (SSSR count). The lowest BCUT2D eigenvalue weighted by molar-refractivity contribution is 1.38. The van der Waals surface area contributed by atoms with E-state index in [1.807, 2.05) is 0 Å². The molecular weight excluding hydrogens is 937 g/mol. The van der Waals surface area contributed by atoms with Gasteiger partial charge in [-0.1, -0.05) is 237 Å². The van der Waals surface area contributed by atoms with E-state index in [0.29, 0.717) is 0 Å². The van der Waals surface area contributed by atoms with Crippen LogP contribution in [-0.2, 0) is 0 Å². The number of rotatable bonds is 6. The molecule has 14 aromatic carbocycles. The van der Waals surface area contributed by atoms with E-state index in [0.717, 1.165) is 0 Å². The maximum atomic E-state index is 2.51. The lowest BCUT2D eigenvalue weighted by Crippen LogP contribution is -1.99. The first kappa shape index (κ1) is 44.7. The number of hydrogen-bond acceptors (Lipinski definition) is 0. The standard InChI is InChI=1S/C78H52/c1-45-22-20-23-46(2)63(45)71-57-36-18-19-37-58(57)72(64-47(3)24-21-25-48(64)4)76-62-43-41-60-69-59(40-42-61(70(62)69)75(71)76)73-67(51-29-10-6-11-30-51)77-65(50-27-8-5-9-28-50)55-34-16-17-35-56(55)66(54-39-38-49-26-14-15-33-53(49)44-54)78(77)68(74(60)73)52-31-12-7-13-32-52/h5-44H,1-4H3. The Kier molecular flexibility index (Phi) is 9.70. The van der Waals surface area contributed by atoms with Crippen molar-refractivity contribution in [1.29, 1.82) is 0 Å². The van der Waals surface area contributed by atoms with Crippen LogP contribution >= 0.6 is 0 Å². The van der Waals surface area contributed by atoms with Crippen LogP contribution in [0.2, 0.25) is 0 Å². The van der Waals surface area contributed by atoms with Gasteiger partial charge in [0.2, 0.25) is 0 Å². The van der Waals surface area contributed by atoms with Gasteiger partial charge in [-0.3, -0.25) is 0 Å². The molecule has 364 valence electrons. The zero-order chi connectivity index (χ0) is 51.9. The molecule has 0 aliphatic heterocycles. The summed E-state index contributed by atoms with van der Waals surface area (Å²) in [7, 11) is 0. The Labute approximate surface area is 455 Å². The van der Waals surface area contributed by atoms with Gasteiger partial charge in [0.1, 0.15) is 0 Å². The number of fused-ring (bicyclic) bond motifs is 10. The first-order valence-electron chi connectivity index (χ1n) is 27.5. The molecule has 0 unspecified atom stereocenters. The topological polar surface area (TPSA) is 0 Å². The molecule has 0 bridgehead atoms. The maximum absolute atomic E-state index is 2.51. The van der Waals surface area contributed by atoms with E-state index in [1.165, 1.54) is 187 Å². The largest absolute Gasteiger partial charge is 0.0622 e. The summed E-state index contributed by atoms with van der Waals surface area (Å²) in [5.74, 6) is 0. The van der Waals surface area contributed by atoms with Crippen molar-refractivity contribution in [3.05, 3.63) is 265 Å². The van der Waals surface area contributed by atoms with Crippen LogP contribution < -0.4 is 0 Å². The summed E-state index contributed by atoms with van der Waals surface area (Å²) < 4.78 is 0. The second kappa shape index (κ2) is 16.9. The van der Waals surface area contributed by atoms with Gasteiger partial charge in [0.25, 0.3) is 0 Å². The summed E-state index contributed by atoms with van der Waals surface area (Å²) in [6.45, 7) is 9.19. The number of benzene rings is 14. The Balaban J connectivity index is 1.15. The van der Waals surface area contributed by atoms with Gasteiger partial charge in [0.05, 0.1) is 0 Å². The first-order chi connectivity index (χ1) is 38.4. The van der Waals surface area contributed by atoms with Gasteiger partial charge in [-0.05, 0) is 221 Å². The van der Waals surface area contributed by atoms with Crippen molar-refractivity contribution < 1.29 is 0 Å². The number of aryl methyl sites for hydroxylation is 4. The molecular formula is C78H52. The SMILES string of the molecule is Cc1cccc(C)c1-c1c2c(c(-c3c(C)cccc3C)c3ccccc13)-c1ccc3c4c(ccc-2c14)-c1c-3c(-c2ccccc2)c2c(-c3ccc4ccccc4c3)c3ccccc3c(-c3ccccc3)c2c1-c1ccccc1. The third kappa shape index (κ3) is 6.17. The minimum absolute atomic E-state index is 1.21. The zero-order valence-electron chi connectivity index (χ0n) is 44.1. The molecule has 0 heterocycles. The van der Waals surface area contributed by atoms with E-state index in [1.54, 1.807) is 0 Å². The Morgan fingerprint density at radius 2 is 0.500 bits per heavy atom. The van der Waals surface area contributed by atoms with Crippen LogP contribution in [0, 0.1) is 27.7 Å².